The van der Waals surface area contributed by atoms with Gasteiger partial charge in [-0.3, -0.25) is 0 Å². The van der Waals surface area contributed by atoms with Crippen LogP contribution in [0.5, 0.6) is 0 Å². The first kappa shape index (κ1) is 15.3. The van der Waals surface area contributed by atoms with Crippen LogP contribution in [0.2, 0.25) is 5.28 Å². The van der Waals surface area contributed by atoms with Crippen LogP contribution in [0.1, 0.15) is 26.7 Å². The first-order chi connectivity index (χ1) is 9.61. The molecule has 0 N–H and O–H groups in total. The lowest BCUT2D eigenvalue weighted by Gasteiger charge is -2.27. The monoisotopic (exact) mass is 299 g/mol. The molecule has 7 heteroatoms. The van der Waals surface area contributed by atoms with Gasteiger partial charge in [-0.2, -0.15) is 15.0 Å². The average Bonchev–Trinajstić information content (AvgIpc) is 2.92. The van der Waals surface area contributed by atoms with Gasteiger partial charge in [0.2, 0.25) is 17.2 Å². The van der Waals surface area contributed by atoms with Gasteiger partial charge >= 0.3 is 0 Å². The van der Waals surface area contributed by atoms with Crippen LogP contribution in [-0.2, 0) is 4.74 Å². The number of hydrogen-bond acceptors (Lipinski definition) is 6. The maximum atomic E-state index is 6.06. The van der Waals surface area contributed by atoms with Crippen molar-refractivity contribution in [3.05, 3.63) is 5.28 Å². The van der Waals surface area contributed by atoms with E-state index in [1.807, 2.05) is 0 Å². The quantitative estimate of drug-likeness (QED) is 0.801. The second-order valence-corrected chi connectivity index (χ2v) is 5.52. The molecule has 1 aromatic rings. The summed E-state index contributed by atoms with van der Waals surface area (Å²) >= 11 is 6.06. The van der Waals surface area contributed by atoms with Gasteiger partial charge in [0, 0.05) is 32.8 Å². The van der Waals surface area contributed by atoms with Gasteiger partial charge in [-0.15, -0.1) is 0 Å². The predicted octanol–water partition coefficient (Wildman–Crippen LogP) is 1.99. The topological polar surface area (TPSA) is 54.4 Å². The number of methoxy groups -OCH3 is 1. The SMILES string of the molecule is COCCN(c1nc(Cl)nc(N2CCCC2)n1)C(C)C. The Bertz CT molecular complexity index is 437. The van der Waals surface area contributed by atoms with Gasteiger partial charge in [-0.25, -0.2) is 0 Å². The number of ether oxygens (including phenoxy) is 1. The molecule has 20 heavy (non-hydrogen) atoms. The number of rotatable bonds is 6. The van der Waals surface area contributed by atoms with Crippen LogP contribution >= 0.6 is 11.6 Å². The third-order valence-corrected chi connectivity index (χ3v) is 3.56. The van der Waals surface area contributed by atoms with Crippen LogP contribution in [0, 0.1) is 0 Å². The van der Waals surface area contributed by atoms with Gasteiger partial charge < -0.3 is 14.5 Å². The van der Waals surface area contributed by atoms with E-state index in [0.29, 0.717) is 18.5 Å². The second-order valence-electron chi connectivity index (χ2n) is 5.18. The zero-order valence-electron chi connectivity index (χ0n) is 12.3. The van der Waals surface area contributed by atoms with Gasteiger partial charge in [0.25, 0.3) is 0 Å². The average molecular weight is 300 g/mol. The minimum atomic E-state index is 0.250. The van der Waals surface area contributed by atoms with Crippen molar-refractivity contribution in [1.29, 1.82) is 0 Å². The van der Waals surface area contributed by atoms with Crippen molar-refractivity contribution in [2.24, 2.45) is 0 Å². The summed E-state index contributed by atoms with van der Waals surface area (Å²) < 4.78 is 5.15. The van der Waals surface area contributed by atoms with E-state index in [0.717, 1.165) is 19.6 Å². The Kier molecular flexibility index (Phi) is 5.37. The van der Waals surface area contributed by atoms with E-state index in [1.54, 1.807) is 7.11 Å². The van der Waals surface area contributed by atoms with Crippen molar-refractivity contribution in [2.45, 2.75) is 32.7 Å². The molecule has 112 valence electrons. The molecule has 1 fully saturated rings. The van der Waals surface area contributed by atoms with Crippen molar-refractivity contribution in [1.82, 2.24) is 15.0 Å². The molecule has 2 heterocycles. The molecular formula is C13H22ClN5O. The van der Waals surface area contributed by atoms with Gasteiger partial charge in [-0.1, -0.05) is 0 Å². The summed E-state index contributed by atoms with van der Waals surface area (Å²) in [5.74, 6) is 1.31. The van der Waals surface area contributed by atoms with Gasteiger partial charge in [-0.05, 0) is 38.3 Å². The predicted molar refractivity (Wildman–Crippen MR) is 80.6 cm³/mol. The van der Waals surface area contributed by atoms with E-state index in [-0.39, 0.29) is 11.3 Å². The fourth-order valence-corrected chi connectivity index (χ4v) is 2.45. The molecule has 6 nitrogen and oxygen atoms in total. The summed E-state index contributed by atoms with van der Waals surface area (Å²) in [6, 6.07) is 0.273. The lowest BCUT2D eigenvalue weighted by molar-refractivity contribution is 0.203. The zero-order valence-corrected chi connectivity index (χ0v) is 13.1. The van der Waals surface area contributed by atoms with Crippen molar-refractivity contribution >= 4 is 23.5 Å². The van der Waals surface area contributed by atoms with E-state index in [1.165, 1.54) is 12.8 Å². The zero-order chi connectivity index (χ0) is 14.5. The van der Waals surface area contributed by atoms with Crippen LogP contribution < -0.4 is 9.80 Å². The lowest BCUT2D eigenvalue weighted by Crippen LogP contribution is -2.36. The van der Waals surface area contributed by atoms with Crippen LogP contribution in [0.25, 0.3) is 0 Å². The Balaban J connectivity index is 2.24. The molecule has 1 aliphatic heterocycles. The van der Waals surface area contributed by atoms with Crippen LogP contribution in [0.15, 0.2) is 0 Å². The molecule has 0 spiro atoms. The van der Waals surface area contributed by atoms with Gasteiger partial charge in [0.05, 0.1) is 6.61 Å². The molecule has 1 aromatic heterocycles. The summed E-state index contributed by atoms with van der Waals surface area (Å²) in [7, 11) is 1.69. The summed E-state index contributed by atoms with van der Waals surface area (Å²) in [5, 5.41) is 0.250. The molecule has 0 atom stereocenters. The van der Waals surface area contributed by atoms with E-state index in [9.17, 15) is 0 Å². The Morgan fingerprint density at radius 1 is 1.25 bits per heavy atom. The number of hydrogen-bond donors (Lipinski definition) is 0. The largest absolute Gasteiger partial charge is 0.383 e. The molecule has 0 aromatic carbocycles. The first-order valence-electron chi connectivity index (χ1n) is 7.04. The third kappa shape index (κ3) is 3.70. The number of aromatic nitrogens is 3. The van der Waals surface area contributed by atoms with Crippen molar-refractivity contribution < 1.29 is 4.74 Å². The Morgan fingerprint density at radius 2 is 1.95 bits per heavy atom. The minimum Gasteiger partial charge on any atom is -0.383 e. The molecule has 0 amide bonds. The maximum absolute atomic E-state index is 6.06. The van der Waals surface area contributed by atoms with Crippen LogP contribution in [-0.4, -0.2) is 54.3 Å². The van der Waals surface area contributed by atoms with E-state index >= 15 is 0 Å². The second kappa shape index (κ2) is 7.04. The highest BCUT2D eigenvalue weighted by molar-refractivity contribution is 6.28. The highest BCUT2D eigenvalue weighted by Gasteiger charge is 2.20. The summed E-state index contributed by atoms with van der Waals surface area (Å²) in [4.78, 5) is 17.3. The van der Waals surface area contributed by atoms with E-state index < -0.39 is 0 Å². The molecule has 1 aliphatic rings. The fraction of sp³-hybridized carbons (Fsp3) is 0.769. The molecule has 0 unspecified atom stereocenters. The van der Waals surface area contributed by atoms with Crippen molar-refractivity contribution in [2.75, 3.05) is 43.2 Å². The maximum Gasteiger partial charge on any atom is 0.231 e. The molecule has 0 aliphatic carbocycles. The standard InChI is InChI=1S/C13H22ClN5O/c1-10(2)19(8-9-20-3)13-16-11(14)15-12(17-13)18-6-4-5-7-18/h10H,4-9H2,1-3H3. The first-order valence-corrected chi connectivity index (χ1v) is 7.41. The molecule has 2 rings (SSSR count). The number of halogens is 1. The Morgan fingerprint density at radius 3 is 2.55 bits per heavy atom. The van der Waals surface area contributed by atoms with Crippen molar-refractivity contribution in [3.63, 3.8) is 0 Å². The smallest absolute Gasteiger partial charge is 0.231 e. The normalized spacial score (nSPS) is 15.2. The van der Waals surface area contributed by atoms with Crippen LogP contribution in [0.3, 0.4) is 0 Å². The summed E-state index contributed by atoms with van der Waals surface area (Å²) in [6.07, 6.45) is 2.35. The molecular weight excluding hydrogens is 278 g/mol. The molecule has 0 radical (unpaired) electrons. The number of anilines is 2. The van der Waals surface area contributed by atoms with Gasteiger partial charge in [0.1, 0.15) is 0 Å². The van der Waals surface area contributed by atoms with Crippen molar-refractivity contribution in [3.8, 4) is 0 Å². The minimum absolute atomic E-state index is 0.250. The Labute approximate surface area is 125 Å². The summed E-state index contributed by atoms with van der Waals surface area (Å²) in [6.45, 7) is 7.53. The Hall–Kier alpha value is -1.14. The van der Waals surface area contributed by atoms with Crippen LogP contribution in [0.4, 0.5) is 11.9 Å². The van der Waals surface area contributed by atoms with Gasteiger partial charge in [0.15, 0.2) is 0 Å². The van der Waals surface area contributed by atoms with E-state index in [2.05, 4.69) is 38.6 Å². The highest BCUT2D eigenvalue weighted by atomic mass is 35.5. The molecule has 0 bridgehead atoms. The molecule has 1 saturated heterocycles. The highest BCUT2D eigenvalue weighted by Crippen LogP contribution is 2.21. The number of nitrogens with zero attached hydrogens (tertiary/aromatic N) is 5. The van der Waals surface area contributed by atoms with E-state index in [4.69, 9.17) is 16.3 Å². The summed E-state index contributed by atoms with van der Waals surface area (Å²) in [5.41, 5.74) is 0. The lowest BCUT2D eigenvalue weighted by atomic mass is 10.3. The third-order valence-electron chi connectivity index (χ3n) is 3.39. The molecule has 0 saturated carbocycles. The fourth-order valence-electron chi connectivity index (χ4n) is 2.30.